The maximum absolute atomic E-state index is 11.3. The predicted octanol–water partition coefficient (Wildman–Crippen LogP) is 0.661. The molecule has 1 aliphatic rings. The standard InChI is InChI=1S/C13H18N2O2/c1-14-12(17)11-4-2-10(3-5-11)8-15-13(9-16)6-7-13/h2-5,15-16H,6-9H2,1H3,(H,14,17). The first-order chi connectivity index (χ1) is 8.19. The number of hydrogen-bond donors (Lipinski definition) is 3. The van der Waals surface area contributed by atoms with Crippen LogP contribution in [0, 0.1) is 0 Å². The Morgan fingerprint density at radius 2 is 2.00 bits per heavy atom. The van der Waals surface area contributed by atoms with Crippen LogP contribution in [0.1, 0.15) is 28.8 Å². The van der Waals surface area contributed by atoms with Crippen molar-refractivity contribution in [3.8, 4) is 0 Å². The molecule has 0 saturated heterocycles. The van der Waals surface area contributed by atoms with Crippen LogP contribution in [0.2, 0.25) is 0 Å². The fraction of sp³-hybridized carbons (Fsp3) is 0.462. The molecule has 0 aromatic heterocycles. The van der Waals surface area contributed by atoms with Gasteiger partial charge in [0.05, 0.1) is 6.61 Å². The van der Waals surface area contributed by atoms with Gasteiger partial charge in [-0.2, -0.15) is 0 Å². The third-order valence-corrected chi connectivity index (χ3v) is 3.27. The number of rotatable bonds is 5. The van der Waals surface area contributed by atoms with Gasteiger partial charge in [-0.05, 0) is 30.5 Å². The van der Waals surface area contributed by atoms with Gasteiger partial charge in [0.15, 0.2) is 0 Å². The van der Waals surface area contributed by atoms with Gasteiger partial charge >= 0.3 is 0 Å². The number of amides is 1. The van der Waals surface area contributed by atoms with E-state index in [4.69, 9.17) is 5.11 Å². The van der Waals surface area contributed by atoms with Crippen LogP contribution in [0.25, 0.3) is 0 Å². The highest BCUT2D eigenvalue weighted by Gasteiger charge is 2.41. The number of carbonyl (C=O) groups excluding carboxylic acids is 1. The highest BCUT2D eigenvalue weighted by molar-refractivity contribution is 5.93. The lowest BCUT2D eigenvalue weighted by atomic mass is 10.1. The van der Waals surface area contributed by atoms with Gasteiger partial charge in [0.2, 0.25) is 0 Å². The number of carbonyl (C=O) groups is 1. The van der Waals surface area contributed by atoms with Gasteiger partial charge in [-0.1, -0.05) is 12.1 Å². The van der Waals surface area contributed by atoms with Gasteiger partial charge in [-0.3, -0.25) is 4.79 Å². The molecule has 3 N–H and O–H groups in total. The first-order valence-corrected chi connectivity index (χ1v) is 5.86. The second-order valence-electron chi connectivity index (χ2n) is 4.57. The van der Waals surface area contributed by atoms with Crippen molar-refractivity contribution in [3.05, 3.63) is 35.4 Å². The Kier molecular flexibility index (Phi) is 3.45. The van der Waals surface area contributed by atoms with Crippen LogP contribution < -0.4 is 10.6 Å². The molecule has 0 atom stereocenters. The monoisotopic (exact) mass is 234 g/mol. The number of benzene rings is 1. The van der Waals surface area contributed by atoms with E-state index in [1.807, 2.05) is 24.3 Å². The largest absolute Gasteiger partial charge is 0.394 e. The number of aliphatic hydroxyl groups is 1. The third kappa shape index (κ3) is 2.84. The van der Waals surface area contributed by atoms with Gasteiger partial charge in [-0.15, -0.1) is 0 Å². The van der Waals surface area contributed by atoms with Gasteiger partial charge in [0.1, 0.15) is 0 Å². The minimum Gasteiger partial charge on any atom is -0.394 e. The summed E-state index contributed by atoms with van der Waals surface area (Å²) in [6.07, 6.45) is 2.08. The van der Waals surface area contributed by atoms with Crippen LogP contribution in [0.15, 0.2) is 24.3 Å². The molecule has 2 rings (SSSR count). The smallest absolute Gasteiger partial charge is 0.251 e. The molecular formula is C13H18N2O2. The van der Waals surface area contributed by atoms with Crippen LogP contribution in [-0.4, -0.2) is 30.2 Å². The van der Waals surface area contributed by atoms with Crippen LogP contribution in [0.4, 0.5) is 0 Å². The average molecular weight is 234 g/mol. The van der Waals surface area contributed by atoms with Gasteiger partial charge in [-0.25, -0.2) is 0 Å². The Hall–Kier alpha value is -1.39. The quantitative estimate of drug-likeness (QED) is 0.701. The van der Waals surface area contributed by atoms with E-state index >= 15 is 0 Å². The molecule has 4 heteroatoms. The summed E-state index contributed by atoms with van der Waals surface area (Å²) in [6.45, 7) is 0.928. The summed E-state index contributed by atoms with van der Waals surface area (Å²) in [5.41, 5.74) is 1.75. The number of nitrogens with one attached hydrogen (secondary N) is 2. The zero-order valence-electron chi connectivity index (χ0n) is 9.99. The molecular weight excluding hydrogens is 216 g/mol. The zero-order chi connectivity index (χ0) is 12.3. The fourth-order valence-corrected chi connectivity index (χ4v) is 1.75. The molecule has 1 fully saturated rings. The highest BCUT2D eigenvalue weighted by Crippen LogP contribution is 2.34. The Bertz CT molecular complexity index is 396. The Balaban J connectivity index is 1.92. The summed E-state index contributed by atoms with van der Waals surface area (Å²) in [5.74, 6) is -0.0708. The van der Waals surface area contributed by atoms with E-state index in [1.165, 1.54) is 0 Å². The topological polar surface area (TPSA) is 61.4 Å². The van der Waals surface area contributed by atoms with Crippen molar-refractivity contribution < 1.29 is 9.90 Å². The van der Waals surface area contributed by atoms with Crippen LogP contribution in [0.5, 0.6) is 0 Å². The number of hydrogen-bond acceptors (Lipinski definition) is 3. The molecule has 92 valence electrons. The van der Waals surface area contributed by atoms with Crippen molar-refractivity contribution in [1.82, 2.24) is 10.6 Å². The summed E-state index contributed by atoms with van der Waals surface area (Å²) in [5, 5.41) is 15.1. The van der Waals surface area contributed by atoms with Crippen molar-refractivity contribution in [3.63, 3.8) is 0 Å². The third-order valence-electron chi connectivity index (χ3n) is 3.27. The molecule has 0 heterocycles. The molecule has 1 aliphatic carbocycles. The second kappa shape index (κ2) is 4.85. The van der Waals surface area contributed by atoms with Gasteiger partial charge in [0.25, 0.3) is 5.91 Å². The molecule has 0 radical (unpaired) electrons. The zero-order valence-corrected chi connectivity index (χ0v) is 9.99. The summed E-state index contributed by atoms with van der Waals surface area (Å²) in [4.78, 5) is 11.3. The van der Waals surface area contributed by atoms with E-state index < -0.39 is 0 Å². The average Bonchev–Trinajstić information content (AvgIpc) is 3.17. The molecule has 0 spiro atoms. The van der Waals surface area contributed by atoms with Crippen LogP contribution >= 0.6 is 0 Å². The van der Waals surface area contributed by atoms with Gasteiger partial charge < -0.3 is 15.7 Å². The van der Waals surface area contributed by atoms with E-state index in [2.05, 4.69) is 10.6 Å². The summed E-state index contributed by atoms with van der Waals surface area (Å²) < 4.78 is 0. The molecule has 1 aromatic carbocycles. The Morgan fingerprint density at radius 1 is 1.35 bits per heavy atom. The van der Waals surface area contributed by atoms with Crippen LogP contribution in [-0.2, 0) is 6.54 Å². The van der Waals surface area contributed by atoms with E-state index in [0.29, 0.717) is 5.56 Å². The lowest BCUT2D eigenvalue weighted by Gasteiger charge is -2.14. The highest BCUT2D eigenvalue weighted by atomic mass is 16.3. The van der Waals surface area contributed by atoms with Gasteiger partial charge in [0, 0.05) is 24.7 Å². The minimum atomic E-state index is -0.0708. The van der Waals surface area contributed by atoms with Crippen molar-refractivity contribution in [2.75, 3.05) is 13.7 Å². The van der Waals surface area contributed by atoms with Crippen molar-refractivity contribution in [1.29, 1.82) is 0 Å². The second-order valence-corrected chi connectivity index (χ2v) is 4.57. The molecule has 0 bridgehead atoms. The SMILES string of the molecule is CNC(=O)c1ccc(CNC2(CO)CC2)cc1. The summed E-state index contributed by atoms with van der Waals surface area (Å²) in [7, 11) is 1.62. The lowest BCUT2D eigenvalue weighted by molar-refractivity contribution is 0.0963. The van der Waals surface area contributed by atoms with Crippen molar-refractivity contribution in [2.45, 2.75) is 24.9 Å². The lowest BCUT2D eigenvalue weighted by Crippen LogP contribution is -2.34. The maximum atomic E-state index is 11.3. The molecule has 1 saturated carbocycles. The minimum absolute atomic E-state index is 0.0422. The normalized spacial score (nSPS) is 16.6. The molecule has 17 heavy (non-hydrogen) atoms. The number of aliphatic hydroxyl groups excluding tert-OH is 1. The van der Waals surface area contributed by atoms with Crippen molar-refractivity contribution >= 4 is 5.91 Å². The Morgan fingerprint density at radius 3 is 2.47 bits per heavy atom. The fourth-order valence-electron chi connectivity index (χ4n) is 1.75. The molecule has 4 nitrogen and oxygen atoms in total. The molecule has 1 aromatic rings. The van der Waals surface area contributed by atoms with E-state index in [-0.39, 0.29) is 18.1 Å². The molecule has 1 amide bonds. The maximum Gasteiger partial charge on any atom is 0.251 e. The first-order valence-electron chi connectivity index (χ1n) is 5.86. The van der Waals surface area contributed by atoms with E-state index in [0.717, 1.165) is 24.9 Å². The van der Waals surface area contributed by atoms with E-state index in [9.17, 15) is 4.79 Å². The Labute approximate surface area is 101 Å². The summed E-state index contributed by atoms with van der Waals surface area (Å²) >= 11 is 0. The van der Waals surface area contributed by atoms with Crippen LogP contribution in [0.3, 0.4) is 0 Å². The summed E-state index contributed by atoms with van der Waals surface area (Å²) in [6, 6.07) is 7.50. The molecule has 0 aliphatic heterocycles. The van der Waals surface area contributed by atoms with E-state index in [1.54, 1.807) is 7.05 Å². The predicted molar refractivity (Wildman–Crippen MR) is 65.7 cm³/mol. The first kappa shape index (κ1) is 12.1. The van der Waals surface area contributed by atoms with Crippen molar-refractivity contribution in [2.24, 2.45) is 0 Å². The molecule has 0 unspecified atom stereocenters.